The maximum absolute atomic E-state index is 4.99. The summed E-state index contributed by atoms with van der Waals surface area (Å²) in [4.78, 5) is 7.68. The Hall–Kier alpha value is -3.90. The van der Waals surface area contributed by atoms with Crippen LogP contribution in [-0.4, -0.2) is 25.2 Å². The summed E-state index contributed by atoms with van der Waals surface area (Å²) in [5.74, 6) is 0.524. The molecule has 0 spiro atoms. The first-order valence-electron chi connectivity index (χ1n) is 9.97. The summed E-state index contributed by atoms with van der Waals surface area (Å²) in [5.41, 5.74) is 5.10. The van der Waals surface area contributed by atoms with Crippen LogP contribution < -0.4 is 0 Å². The van der Waals surface area contributed by atoms with Gasteiger partial charge in [-0.2, -0.15) is 4.80 Å². The number of aromatic nitrogens is 5. The quantitative estimate of drug-likeness (QED) is 0.354. The van der Waals surface area contributed by atoms with Crippen LogP contribution >= 0.6 is 11.3 Å². The normalized spacial score (nSPS) is 11.4. The lowest BCUT2D eigenvalue weighted by Crippen LogP contribution is -1.94. The van der Waals surface area contributed by atoms with Gasteiger partial charge in [-0.1, -0.05) is 54.6 Å². The molecule has 0 saturated heterocycles. The maximum atomic E-state index is 4.99. The number of fused-ring (bicyclic) bond motifs is 2. The van der Waals surface area contributed by atoms with Gasteiger partial charge in [-0.25, -0.2) is 4.98 Å². The second-order valence-electron chi connectivity index (χ2n) is 7.40. The number of rotatable bonds is 3. The van der Waals surface area contributed by atoms with E-state index in [0.717, 1.165) is 16.5 Å². The van der Waals surface area contributed by atoms with Gasteiger partial charge in [-0.15, -0.1) is 21.5 Å². The number of benzene rings is 3. The van der Waals surface area contributed by atoms with Gasteiger partial charge in [0.05, 0.1) is 12.6 Å². The standard InChI is InChI=1S/C25H17N5S/c1-30-28-25(27-29-30)22-12-11-17-14-18(23-10-5-13-31-23)15-21(24(17)26-22)20-9-4-7-16-6-2-3-8-19(16)20/h2-15H,1H3. The van der Waals surface area contributed by atoms with Crippen LogP contribution in [0.2, 0.25) is 0 Å². The monoisotopic (exact) mass is 419 g/mol. The average molecular weight is 420 g/mol. The lowest BCUT2D eigenvalue weighted by Gasteiger charge is -2.13. The van der Waals surface area contributed by atoms with Crippen LogP contribution in [0.4, 0.5) is 0 Å². The average Bonchev–Trinajstić information content (AvgIpc) is 3.50. The number of thiophene rings is 1. The highest BCUT2D eigenvalue weighted by Gasteiger charge is 2.15. The summed E-state index contributed by atoms with van der Waals surface area (Å²) in [5, 5.41) is 18.0. The molecule has 0 saturated carbocycles. The highest BCUT2D eigenvalue weighted by molar-refractivity contribution is 7.13. The van der Waals surface area contributed by atoms with E-state index in [0.29, 0.717) is 11.5 Å². The Balaban J connectivity index is 1.68. The van der Waals surface area contributed by atoms with Crippen LogP contribution in [0, 0.1) is 0 Å². The molecular weight excluding hydrogens is 402 g/mol. The highest BCUT2D eigenvalue weighted by atomic mass is 32.1. The zero-order valence-electron chi connectivity index (χ0n) is 16.7. The minimum absolute atomic E-state index is 0.524. The van der Waals surface area contributed by atoms with E-state index in [2.05, 4.69) is 93.6 Å². The second-order valence-corrected chi connectivity index (χ2v) is 8.35. The fourth-order valence-electron chi connectivity index (χ4n) is 4.00. The molecule has 5 nitrogen and oxygen atoms in total. The Morgan fingerprint density at radius 2 is 1.71 bits per heavy atom. The molecule has 0 unspecified atom stereocenters. The van der Waals surface area contributed by atoms with Crippen LogP contribution in [0.15, 0.2) is 84.2 Å². The first kappa shape index (κ1) is 17.9. The second kappa shape index (κ2) is 7.11. The van der Waals surface area contributed by atoms with E-state index in [1.54, 1.807) is 18.4 Å². The lowest BCUT2D eigenvalue weighted by atomic mass is 9.94. The molecule has 3 aromatic heterocycles. The molecule has 0 fully saturated rings. The van der Waals surface area contributed by atoms with E-state index in [9.17, 15) is 0 Å². The van der Waals surface area contributed by atoms with E-state index >= 15 is 0 Å². The third-order valence-corrected chi connectivity index (χ3v) is 6.33. The van der Waals surface area contributed by atoms with Crippen LogP contribution in [-0.2, 0) is 7.05 Å². The minimum atomic E-state index is 0.524. The zero-order valence-corrected chi connectivity index (χ0v) is 17.5. The van der Waals surface area contributed by atoms with E-state index in [1.807, 2.05) is 6.07 Å². The SMILES string of the molecule is Cn1nnc(-c2ccc3cc(-c4cccs4)cc(-c4cccc5ccccc45)c3n2)n1. The van der Waals surface area contributed by atoms with Crippen molar-refractivity contribution in [3.63, 3.8) is 0 Å². The van der Waals surface area contributed by atoms with Crippen molar-refractivity contribution in [2.75, 3.05) is 0 Å². The van der Waals surface area contributed by atoms with E-state index in [4.69, 9.17) is 4.98 Å². The van der Waals surface area contributed by atoms with Gasteiger partial charge in [0.1, 0.15) is 5.69 Å². The van der Waals surface area contributed by atoms with Gasteiger partial charge >= 0.3 is 0 Å². The first-order chi connectivity index (χ1) is 15.3. The summed E-state index contributed by atoms with van der Waals surface area (Å²) < 4.78 is 0. The maximum Gasteiger partial charge on any atom is 0.223 e. The molecule has 0 radical (unpaired) electrons. The molecule has 0 amide bonds. The van der Waals surface area contributed by atoms with Gasteiger partial charge in [-0.05, 0) is 56.8 Å². The van der Waals surface area contributed by atoms with E-state index < -0.39 is 0 Å². The topological polar surface area (TPSA) is 56.5 Å². The van der Waals surface area contributed by atoms with Gasteiger partial charge < -0.3 is 0 Å². The molecule has 0 atom stereocenters. The smallest absolute Gasteiger partial charge is 0.223 e. The van der Waals surface area contributed by atoms with Crippen molar-refractivity contribution in [1.29, 1.82) is 0 Å². The zero-order chi connectivity index (χ0) is 20.8. The Kier molecular flexibility index (Phi) is 4.11. The molecule has 6 heteroatoms. The van der Waals surface area contributed by atoms with Gasteiger partial charge in [0.2, 0.25) is 5.82 Å². The molecule has 31 heavy (non-hydrogen) atoms. The third kappa shape index (κ3) is 3.08. The van der Waals surface area contributed by atoms with Crippen molar-refractivity contribution in [1.82, 2.24) is 25.2 Å². The number of pyridine rings is 1. The van der Waals surface area contributed by atoms with Crippen molar-refractivity contribution in [2.24, 2.45) is 7.05 Å². The van der Waals surface area contributed by atoms with Crippen LogP contribution in [0.1, 0.15) is 0 Å². The summed E-state index contributed by atoms with van der Waals surface area (Å²) in [7, 11) is 1.76. The predicted octanol–water partition coefficient (Wildman–Crippen LogP) is 5.97. The Bertz CT molecular complexity index is 1540. The number of nitrogens with zero attached hydrogens (tertiary/aromatic N) is 5. The van der Waals surface area contributed by atoms with Gasteiger partial charge in [0.25, 0.3) is 0 Å². The predicted molar refractivity (Wildman–Crippen MR) is 126 cm³/mol. The molecule has 0 aliphatic heterocycles. The van der Waals surface area contributed by atoms with Gasteiger partial charge in [0, 0.05) is 15.8 Å². The summed E-state index contributed by atoms with van der Waals surface area (Å²) in [6.07, 6.45) is 0. The summed E-state index contributed by atoms with van der Waals surface area (Å²) >= 11 is 1.74. The molecule has 6 aromatic rings. The molecule has 0 aliphatic rings. The molecule has 148 valence electrons. The molecule has 3 aromatic carbocycles. The number of aryl methyl sites for hydroxylation is 1. The van der Waals surface area contributed by atoms with Crippen molar-refractivity contribution in [3.05, 3.63) is 84.2 Å². The molecular formula is C25H17N5S. The fourth-order valence-corrected chi connectivity index (χ4v) is 4.71. The molecule has 3 heterocycles. The Morgan fingerprint density at radius 3 is 2.55 bits per heavy atom. The summed E-state index contributed by atoms with van der Waals surface area (Å²) in [6.45, 7) is 0. The van der Waals surface area contributed by atoms with Crippen molar-refractivity contribution in [2.45, 2.75) is 0 Å². The Morgan fingerprint density at radius 1 is 0.806 bits per heavy atom. The minimum Gasteiger partial charge on any atom is -0.244 e. The van der Waals surface area contributed by atoms with Crippen LogP contribution in [0.25, 0.3) is 54.8 Å². The number of tetrazole rings is 1. The van der Waals surface area contributed by atoms with Crippen LogP contribution in [0.3, 0.4) is 0 Å². The highest BCUT2D eigenvalue weighted by Crippen LogP contribution is 2.38. The third-order valence-electron chi connectivity index (χ3n) is 5.42. The molecule has 0 bridgehead atoms. The molecule has 6 rings (SSSR count). The fraction of sp³-hybridized carbons (Fsp3) is 0.0400. The lowest BCUT2D eigenvalue weighted by molar-refractivity contribution is 0.630. The van der Waals surface area contributed by atoms with E-state index in [-0.39, 0.29) is 0 Å². The van der Waals surface area contributed by atoms with Crippen molar-refractivity contribution in [3.8, 4) is 33.1 Å². The Labute approximate surface area is 182 Å². The van der Waals surface area contributed by atoms with E-state index in [1.165, 1.54) is 31.6 Å². The summed E-state index contributed by atoms with van der Waals surface area (Å²) in [6, 6.07) is 27.6. The first-order valence-corrected chi connectivity index (χ1v) is 10.9. The van der Waals surface area contributed by atoms with Crippen molar-refractivity contribution >= 4 is 33.0 Å². The van der Waals surface area contributed by atoms with Crippen LogP contribution in [0.5, 0.6) is 0 Å². The number of hydrogen-bond donors (Lipinski definition) is 0. The van der Waals surface area contributed by atoms with Gasteiger partial charge in [-0.3, -0.25) is 0 Å². The molecule has 0 N–H and O–H groups in total. The molecule has 0 aliphatic carbocycles. The number of hydrogen-bond acceptors (Lipinski definition) is 5. The van der Waals surface area contributed by atoms with Crippen molar-refractivity contribution < 1.29 is 0 Å². The largest absolute Gasteiger partial charge is 0.244 e. The van der Waals surface area contributed by atoms with Gasteiger partial charge in [0.15, 0.2) is 0 Å².